The zero-order valence-electron chi connectivity index (χ0n) is 15.1. The molecule has 0 bridgehead atoms. The fourth-order valence-electron chi connectivity index (χ4n) is 2.48. The van der Waals surface area contributed by atoms with Crippen LogP contribution in [-0.4, -0.2) is 69.3 Å². The van der Waals surface area contributed by atoms with E-state index in [2.05, 4.69) is 20.7 Å². The molecule has 26 heavy (non-hydrogen) atoms. The van der Waals surface area contributed by atoms with Gasteiger partial charge in [-0.1, -0.05) is 11.6 Å². The monoisotopic (exact) mass is 400 g/mol. The van der Waals surface area contributed by atoms with Gasteiger partial charge in [0.2, 0.25) is 0 Å². The lowest BCUT2D eigenvalue weighted by Gasteiger charge is -2.26. The van der Waals surface area contributed by atoms with Crippen LogP contribution in [0.1, 0.15) is 12.5 Å². The molecule has 1 heterocycles. The molecule has 7 nitrogen and oxygen atoms in total. The molecule has 0 aliphatic carbocycles. The van der Waals surface area contributed by atoms with Crippen molar-refractivity contribution in [3.63, 3.8) is 0 Å². The summed E-state index contributed by atoms with van der Waals surface area (Å²) in [5.74, 6) is 1.09. The van der Waals surface area contributed by atoms with Crippen molar-refractivity contribution >= 4 is 35.1 Å². The molecule has 0 amide bonds. The maximum absolute atomic E-state index is 6.22. The van der Waals surface area contributed by atoms with E-state index in [4.69, 9.17) is 38.0 Å². The summed E-state index contributed by atoms with van der Waals surface area (Å²) in [7, 11) is 1.56. The highest BCUT2D eigenvalue weighted by molar-refractivity contribution is 7.80. The second kappa shape index (κ2) is 11.2. The average Bonchev–Trinajstić information content (AvgIpc) is 2.63. The van der Waals surface area contributed by atoms with Crippen LogP contribution in [0.3, 0.4) is 0 Å². The first-order valence-electron chi connectivity index (χ1n) is 8.51. The number of benzene rings is 1. The van der Waals surface area contributed by atoms with Crippen LogP contribution in [0.2, 0.25) is 5.02 Å². The molecule has 144 valence electrons. The Morgan fingerprint density at radius 2 is 2.19 bits per heavy atom. The number of ether oxygens (including phenoxy) is 3. The van der Waals surface area contributed by atoms with E-state index in [-0.39, 0.29) is 0 Å². The first-order valence-corrected chi connectivity index (χ1v) is 9.30. The fraction of sp³-hybridized carbons (Fsp3) is 0.529. The minimum absolute atomic E-state index is 0.464. The standard InChI is InChI=1S/C17H25ClN4O3S/c1-3-25-15-11-13(10-14(18)16(15)23-2)12-20-21-17(26)19-4-5-22-6-8-24-9-7-22/h10-12H,3-9H2,1-2H3,(H2,19,21,26)/b20-12-. The highest BCUT2D eigenvalue weighted by atomic mass is 35.5. The van der Waals surface area contributed by atoms with Crippen LogP contribution >= 0.6 is 23.8 Å². The van der Waals surface area contributed by atoms with Crippen LogP contribution in [-0.2, 0) is 4.74 Å². The molecule has 1 aromatic rings. The molecule has 0 atom stereocenters. The lowest BCUT2D eigenvalue weighted by Crippen LogP contribution is -2.42. The summed E-state index contributed by atoms with van der Waals surface area (Å²) < 4.78 is 16.1. The number of methoxy groups -OCH3 is 1. The van der Waals surface area contributed by atoms with Gasteiger partial charge in [-0.3, -0.25) is 10.3 Å². The van der Waals surface area contributed by atoms with Gasteiger partial charge in [-0.15, -0.1) is 0 Å². The molecule has 0 aromatic heterocycles. The first-order chi connectivity index (χ1) is 12.6. The summed E-state index contributed by atoms with van der Waals surface area (Å²) in [6, 6.07) is 3.57. The van der Waals surface area contributed by atoms with Crippen molar-refractivity contribution in [2.24, 2.45) is 5.10 Å². The van der Waals surface area contributed by atoms with Crippen LogP contribution in [0.4, 0.5) is 0 Å². The normalized spacial score (nSPS) is 15.0. The Labute approximate surface area is 164 Å². The van der Waals surface area contributed by atoms with Gasteiger partial charge in [-0.2, -0.15) is 5.10 Å². The highest BCUT2D eigenvalue weighted by Crippen LogP contribution is 2.35. The van der Waals surface area contributed by atoms with Crippen LogP contribution in [0.25, 0.3) is 0 Å². The Morgan fingerprint density at radius 3 is 2.88 bits per heavy atom. The summed E-state index contributed by atoms with van der Waals surface area (Å²) in [5, 5.41) is 8.20. The number of nitrogens with one attached hydrogen (secondary N) is 2. The first kappa shape index (κ1) is 20.7. The average molecular weight is 401 g/mol. The summed E-state index contributed by atoms with van der Waals surface area (Å²) >= 11 is 11.4. The summed E-state index contributed by atoms with van der Waals surface area (Å²) in [6.45, 7) is 7.59. The smallest absolute Gasteiger partial charge is 0.187 e. The van der Waals surface area contributed by atoms with Crippen molar-refractivity contribution in [1.29, 1.82) is 0 Å². The van der Waals surface area contributed by atoms with E-state index in [9.17, 15) is 0 Å². The summed E-state index contributed by atoms with van der Waals surface area (Å²) in [5.41, 5.74) is 3.58. The van der Waals surface area contributed by atoms with Crippen molar-refractivity contribution in [3.05, 3.63) is 22.7 Å². The van der Waals surface area contributed by atoms with Crippen LogP contribution in [0, 0.1) is 0 Å². The van der Waals surface area contributed by atoms with Crippen molar-refractivity contribution in [3.8, 4) is 11.5 Å². The van der Waals surface area contributed by atoms with Gasteiger partial charge in [0.05, 0.1) is 38.2 Å². The van der Waals surface area contributed by atoms with E-state index < -0.39 is 0 Å². The maximum atomic E-state index is 6.22. The number of thiocarbonyl (C=S) groups is 1. The van der Waals surface area contributed by atoms with E-state index in [0.717, 1.165) is 45.0 Å². The third-order valence-corrected chi connectivity index (χ3v) is 4.25. The topological polar surface area (TPSA) is 67.4 Å². The largest absolute Gasteiger partial charge is 0.491 e. The molecule has 9 heteroatoms. The predicted octanol–water partition coefficient (Wildman–Crippen LogP) is 1.88. The van der Waals surface area contributed by atoms with E-state index >= 15 is 0 Å². The van der Waals surface area contributed by atoms with Gasteiger partial charge >= 0.3 is 0 Å². The Kier molecular flexibility index (Phi) is 8.90. The molecule has 2 rings (SSSR count). The Bertz CT molecular complexity index is 624. The molecule has 1 saturated heterocycles. The number of hydrazone groups is 1. The molecular weight excluding hydrogens is 376 g/mol. The van der Waals surface area contributed by atoms with Gasteiger partial charge in [-0.25, -0.2) is 0 Å². The van der Waals surface area contributed by atoms with Crippen molar-refractivity contribution in [1.82, 2.24) is 15.6 Å². The molecule has 1 aliphatic rings. The molecule has 1 aromatic carbocycles. The van der Waals surface area contributed by atoms with Crippen molar-refractivity contribution < 1.29 is 14.2 Å². The Morgan fingerprint density at radius 1 is 1.42 bits per heavy atom. The summed E-state index contributed by atoms with van der Waals surface area (Å²) in [4.78, 5) is 2.33. The van der Waals surface area contributed by atoms with E-state index in [1.807, 2.05) is 13.0 Å². The SMILES string of the molecule is CCOc1cc(/C=N\NC(=S)NCCN2CCOCC2)cc(Cl)c1OC. The number of morpholine rings is 1. The van der Waals surface area contributed by atoms with Gasteiger partial charge in [0.1, 0.15) is 0 Å². The molecular formula is C17H25ClN4O3S. The minimum Gasteiger partial charge on any atom is -0.491 e. The van der Waals surface area contributed by atoms with Gasteiger partial charge < -0.3 is 19.5 Å². The molecule has 0 spiro atoms. The fourth-order valence-corrected chi connectivity index (χ4v) is 2.93. The number of halogens is 1. The lowest BCUT2D eigenvalue weighted by atomic mass is 10.2. The van der Waals surface area contributed by atoms with Crippen molar-refractivity contribution in [2.45, 2.75) is 6.92 Å². The number of hydrogen-bond donors (Lipinski definition) is 2. The van der Waals surface area contributed by atoms with Gasteiger partial charge in [0, 0.05) is 26.2 Å². The molecule has 0 radical (unpaired) electrons. The van der Waals surface area contributed by atoms with E-state index in [0.29, 0.717) is 28.2 Å². The third-order valence-electron chi connectivity index (χ3n) is 3.73. The van der Waals surface area contributed by atoms with Gasteiger partial charge in [0.25, 0.3) is 0 Å². The second-order valence-electron chi connectivity index (χ2n) is 5.55. The van der Waals surface area contributed by atoms with E-state index in [1.54, 1.807) is 19.4 Å². The quantitative estimate of drug-likeness (QED) is 0.392. The maximum Gasteiger partial charge on any atom is 0.187 e. The molecule has 2 N–H and O–H groups in total. The molecule has 1 fully saturated rings. The van der Waals surface area contributed by atoms with Crippen LogP contribution in [0.5, 0.6) is 11.5 Å². The minimum atomic E-state index is 0.464. The zero-order chi connectivity index (χ0) is 18.8. The Hall–Kier alpha value is -1.61. The Balaban J connectivity index is 1.80. The highest BCUT2D eigenvalue weighted by Gasteiger charge is 2.11. The van der Waals surface area contributed by atoms with Gasteiger partial charge in [0.15, 0.2) is 16.6 Å². The second-order valence-corrected chi connectivity index (χ2v) is 6.36. The molecule has 1 aliphatic heterocycles. The lowest BCUT2D eigenvalue weighted by molar-refractivity contribution is 0.0389. The van der Waals surface area contributed by atoms with E-state index in [1.165, 1.54) is 0 Å². The zero-order valence-corrected chi connectivity index (χ0v) is 16.7. The third kappa shape index (κ3) is 6.60. The molecule has 0 saturated carbocycles. The number of nitrogens with zero attached hydrogens (tertiary/aromatic N) is 2. The summed E-state index contributed by atoms with van der Waals surface area (Å²) in [6.07, 6.45) is 1.63. The number of rotatable bonds is 8. The van der Waals surface area contributed by atoms with Crippen LogP contribution < -0.4 is 20.2 Å². The predicted molar refractivity (Wildman–Crippen MR) is 108 cm³/mol. The molecule has 0 unspecified atom stereocenters. The van der Waals surface area contributed by atoms with Crippen LogP contribution in [0.15, 0.2) is 17.2 Å². The van der Waals surface area contributed by atoms with Gasteiger partial charge in [-0.05, 0) is 36.8 Å². The number of hydrogen-bond acceptors (Lipinski definition) is 6. The van der Waals surface area contributed by atoms with Crippen molar-refractivity contribution in [2.75, 3.05) is 53.1 Å².